The summed E-state index contributed by atoms with van der Waals surface area (Å²) in [6.07, 6.45) is 13.9. The molecule has 128 valence electrons. The average Bonchev–Trinajstić information content (AvgIpc) is 2.58. The number of hydrogen-bond acceptors (Lipinski definition) is 0. The minimum atomic E-state index is -0.192. The SMILES string of the molecule is CCCCCCC1CCC(c2ccc(CC=CF)c(F)c2)CC1. The smallest absolute Gasteiger partial charge is 0.126 e. The molecular formula is C21H30F2. The minimum Gasteiger partial charge on any atom is -0.216 e. The second-order valence-electron chi connectivity index (χ2n) is 6.98. The number of rotatable bonds is 8. The molecule has 1 aliphatic rings. The summed E-state index contributed by atoms with van der Waals surface area (Å²) < 4.78 is 26.1. The summed E-state index contributed by atoms with van der Waals surface area (Å²) in [4.78, 5) is 0. The van der Waals surface area contributed by atoms with Crippen LogP contribution in [0.25, 0.3) is 0 Å². The fraction of sp³-hybridized carbons (Fsp3) is 0.619. The maximum Gasteiger partial charge on any atom is 0.126 e. The Labute approximate surface area is 140 Å². The van der Waals surface area contributed by atoms with Crippen LogP contribution >= 0.6 is 0 Å². The monoisotopic (exact) mass is 320 g/mol. The highest BCUT2D eigenvalue weighted by Gasteiger charge is 2.22. The summed E-state index contributed by atoms with van der Waals surface area (Å²) in [6, 6.07) is 5.53. The fourth-order valence-electron chi connectivity index (χ4n) is 3.80. The predicted octanol–water partition coefficient (Wildman–Crippen LogP) is 7.10. The maximum atomic E-state index is 14.1. The molecule has 1 aliphatic carbocycles. The van der Waals surface area contributed by atoms with Gasteiger partial charge in [-0.3, -0.25) is 0 Å². The van der Waals surface area contributed by atoms with E-state index in [4.69, 9.17) is 0 Å². The predicted molar refractivity (Wildman–Crippen MR) is 93.8 cm³/mol. The van der Waals surface area contributed by atoms with Crippen molar-refractivity contribution < 1.29 is 8.78 Å². The van der Waals surface area contributed by atoms with Crippen molar-refractivity contribution in [3.8, 4) is 0 Å². The third-order valence-corrected chi connectivity index (χ3v) is 5.29. The quantitative estimate of drug-likeness (QED) is 0.448. The Bertz CT molecular complexity index is 485. The van der Waals surface area contributed by atoms with Crippen LogP contribution in [0.3, 0.4) is 0 Å². The molecule has 0 heterocycles. The largest absolute Gasteiger partial charge is 0.216 e. The van der Waals surface area contributed by atoms with Crippen LogP contribution in [0.5, 0.6) is 0 Å². The molecule has 0 radical (unpaired) electrons. The van der Waals surface area contributed by atoms with Crippen molar-refractivity contribution in [3.05, 3.63) is 47.5 Å². The Morgan fingerprint density at radius 2 is 1.87 bits per heavy atom. The van der Waals surface area contributed by atoms with E-state index in [1.165, 1.54) is 63.9 Å². The van der Waals surface area contributed by atoms with Crippen molar-refractivity contribution >= 4 is 0 Å². The molecule has 1 aromatic carbocycles. The zero-order valence-electron chi connectivity index (χ0n) is 14.4. The highest BCUT2D eigenvalue weighted by atomic mass is 19.1. The van der Waals surface area contributed by atoms with Crippen molar-refractivity contribution in [2.75, 3.05) is 0 Å². The summed E-state index contributed by atoms with van der Waals surface area (Å²) in [7, 11) is 0. The van der Waals surface area contributed by atoms with Crippen molar-refractivity contribution in [1.82, 2.24) is 0 Å². The summed E-state index contributed by atoms with van der Waals surface area (Å²) in [6.45, 7) is 2.25. The van der Waals surface area contributed by atoms with E-state index in [1.54, 1.807) is 6.07 Å². The fourth-order valence-corrected chi connectivity index (χ4v) is 3.80. The Morgan fingerprint density at radius 1 is 1.09 bits per heavy atom. The molecule has 1 fully saturated rings. The first-order valence-corrected chi connectivity index (χ1v) is 9.28. The number of benzene rings is 1. The van der Waals surface area contributed by atoms with Crippen LogP contribution in [0.2, 0.25) is 0 Å². The number of halogens is 2. The zero-order chi connectivity index (χ0) is 16.5. The van der Waals surface area contributed by atoms with Gasteiger partial charge in [-0.15, -0.1) is 0 Å². The van der Waals surface area contributed by atoms with E-state index in [0.29, 0.717) is 24.2 Å². The van der Waals surface area contributed by atoms with Crippen molar-refractivity contribution in [3.63, 3.8) is 0 Å². The second-order valence-corrected chi connectivity index (χ2v) is 6.98. The number of hydrogen-bond donors (Lipinski definition) is 0. The first-order chi connectivity index (χ1) is 11.2. The van der Waals surface area contributed by atoms with Gasteiger partial charge in [0.25, 0.3) is 0 Å². The second kappa shape index (κ2) is 9.85. The van der Waals surface area contributed by atoms with Crippen molar-refractivity contribution in [2.45, 2.75) is 77.0 Å². The molecule has 2 rings (SSSR count). The van der Waals surface area contributed by atoms with E-state index in [9.17, 15) is 8.78 Å². The van der Waals surface area contributed by atoms with Crippen LogP contribution in [0.15, 0.2) is 30.6 Å². The van der Waals surface area contributed by atoms with E-state index in [2.05, 4.69) is 6.92 Å². The lowest BCUT2D eigenvalue weighted by Crippen LogP contribution is -2.13. The lowest BCUT2D eigenvalue weighted by Gasteiger charge is -2.29. The molecule has 1 aromatic rings. The first kappa shape index (κ1) is 18.2. The van der Waals surface area contributed by atoms with Gasteiger partial charge in [0.05, 0.1) is 6.33 Å². The van der Waals surface area contributed by atoms with Gasteiger partial charge in [0.15, 0.2) is 0 Å². The van der Waals surface area contributed by atoms with Crippen LogP contribution in [0, 0.1) is 11.7 Å². The van der Waals surface area contributed by atoms with Crippen LogP contribution in [-0.4, -0.2) is 0 Å². The molecule has 0 aromatic heterocycles. The molecule has 0 N–H and O–H groups in total. The lowest BCUT2D eigenvalue weighted by molar-refractivity contribution is 0.302. The Hall–Kier alpha value is -1.18. The average molecular weight is 320 g/mol. The molecule has 0 spiro atoms. The molecule has 0 amide bonds. The van der Waals surface area contributed by atoms with E-state index >= 15 is 0 Å². The molecule has 23 heavy (non-hydrogen) atoms. The van der Waals surface area contributed by atoms with Gasteiger partial charge >= 0.3 is 0 Å². The van der Waals surface area contributed by atoms with Crippen molar-refractivity contribution in [1.29, 1.82) is 0 Å². The lowest BCUT2D eigenvalue weighted by atomic mass is 9.77. The zero-order valence-corrected chi connectivity index (χ0v) is 14.4. The summed E-state index contributed by atoms with van der Waals surface area (Å²) >= 11 is 0. The highest BCUT2D eigenvalue weighted by Crippen LogP contribution is 2.38. The van der Waals surface area contributed by atoms with Gasteiger partial charge in [0.2, 0.25) is 0 Å². The van der Waals surface area contributed by atoms with Crippen LogP contribution < -0.4 is 0 Å². The van der Waals surface area contributed by atoms with E-state index in [1.807, 2.05) is 12.1 Å². The van der Waals surface area contributed by atoms with E-state index in [-0.39, 0.29) is 5.82 Å². The van der Waals surface area contributed by atoms with Gasteiger partial charge in [-0.05, 0) is 61.1 Å². The van der Waals surface area contributed by atoms with Gasteiger partial charge in [0, 0.05) is 0 Å². The van der Waals surface area contributed by atoms with Gasteiger partial charge in [0.1, 0.15) is 5.82 Å². The van der Waals surface area contributed by atoms with Crippen LogP contribution in [0.1, 0.15) is 81.8 Å². The summed E-state index contributed by atoms with van der Waals surface area (Å²) in [5.41, 5.74) is 1.70. The Kier molecular flexibility index (Phi) is 7.78. The molecule has 2 heteroatoms. The Balaban J connectivity index is 1.81. The minimum absolute atomic E-state index is 0.192. The van der Waals surface area contributed by atoms with Crippen molar-refractivity contribution in [2.24, 2.45) is 5.92 Å². The molecule has 0 atom stereocenters. The third kappa shape index (κ3) is 5.75. The van der Waals surface area contributed by atoms with Crippen LogP contribution in [-0.2, 0) is 6.42 Å². The molecule has 1 saturated carbocycles. The molecule has 0 unspecified atom stereocenters. The standard InChI is InChI=1S/C21H30F2/c1-2-3-4-5-7-17-9-11-18(12-10-17)20-14-13-19(8-6-15-22)21(23)16-20/h6,13-18H,2-5,7-12H2,1H3. The van der Waals surface area contributed by atoms with Crippen LogP contribution in [0.4, 0.5) is 8.78 Å². The normalized spacial score (nSPS) is 21.9. The highest BCUT2D eigenvalue weighted by molar-refractivity contribution is 5.28. The number of unbranched alkanes of at least 4 members (excludes halogenated alkanes) is 3. The Morgan fingerprint density at radius 3 is 2.52 bits per heavy atom. The molecule has 0 nitrogen and oxygen atoms in total. The van der Waals surface area contributed by atoms with Gasteiger partial charge in [-0.25, -0.2) is 8.78 Å². The molecule has 0 aliphatic heterocycles. The van der Waals surface area contributed by atoms with Gasteiger partial charge in [-0.1, -0.05) is 57.2 Å². The molecule has 0 bridgehead atoms. The third-order valence-electron chi connectivity index (χ3n) is 5.29. The van der Waals surface area contributed by atoms with Gasteiger partial charge < -0.3 is 0 Å². The maximum absolute atomic E-state index is 14.1. The van der Waals surface area contributed by atoms with Gasteiger partial charge in [-0.2, -0.15) is 0 Å². The molecule has 0 saturated heterocycles. The number of allylic oxidation sites excluding steroid dienone is 1. The van der Waals surface area contributed by atoms with E-state index in [0.717, 1.165) is 11.5 Å². The summed E-state index contributed by atoms with van der Waals surface area (Å²) in [5.74, 6) is 1.19. The molecular weight excluding hydrogens is 290 g/mol. The first-order valence-electron chi connectivity index (χ1n) is 9.28. The van der Waals surface area contributed by atoms with E-state index < -0.39 is 0 Å². The topological polar surface area (TPSA) is 0 Å². The summed E-state index contributed by atoms with van der Waals surface area (Å²) in [5, 5.41) is 0.